The Morgan fingerprint density at radius 1 is 1.35 bits per heavy atom. The molecular formula is C15H14N2. The molecule has 0 radical (unpaired) electrons. The third-order valence-electron chi connectivity index (χ3n) is 3.49. The van der Waals surface area contributed by atoms with Gasteiger partial charge in [-0.15, -0.1) is 0 Å². The Morgan fingerprint density at radius 3 is 2.88 bits per heavy atom. The number of hydrogen-bond acceptors (Lipinski definition) is 2. The van der Waals surface area contributed by atoms with Crippen LogP contribution in [0.2, 0.25) is 0 Å². The number of nitriles is 1. The maximum Gasteiger partial charge on any atom is 0.0643 e. The summed E-state index contributed by atoms with van der Waals surface area (Å²) in [5.41, 5.74) is 3.90. The van der Waals surface area contributed by atoms with Crippen molar-refractivity contribution in [3.63, 3.8) is 0 Å². The van der Waals surface area contributed by atoms with Crippen molar-refractivity contribution in [2.45, 2.75) is 25.8 Å². The highest BCUT2D eigenvalue weighted by Gasteiger charge is 2.22. The van der Waals surface area contributed by atoms with Crippen LogP contribution in [-0.4, -0.2) is 6.04 Å². The van der Waals surface area contributed by atoms with Gasteiger partial charge in [-0.1, -0.05) is 30.3 Å². The molecule has 3 rings (SSSR count). The van der Waals surface area contributed by atoms with Gasteiger partial charge in [0.15, 0.2) is 0 Å². The van der Waals surface area contributed by atoms with Gasteiger partial charge in [0.1, 0.15) is 0 Å². The summed E-state index contributed by atoms with van der Waals surface area (Å²) in [5, 5.41) is 14.8. The summed E-state index contributed by atoms with van der Waals surface area (Å²) >= 11 is 0. The van der Waals surface area contributed by atoms with E-state index in [4.69, 9.17) is 5.26 Å². The molecule has 2 heteroatoms. The maximum absolute atomic E-state index is 8.78. The fourth-order valence-electron chi connectivity index (χ4n) is 2.71. The molecule has 0 saturated carbocycles. The molecule has 0 fully saturated rings. The molecule has 0 bridgehead atoms. The van der Waals surface area contributed by atoms with Crippen LogP contribution < -0.4 is 5.32 Å². The van der Waals surface area contributed by atoms with Crippen molar-refractivity contribution in [1.29, 1.82) is 5.26 Å². The SMILES string of the molecule is Cc1cc2c(c3ccccc13)NC(CC#N)C2. The Labute approximate surface area is 101 Å². The highest BCUT2D eigenvalue weighted by Crippen LogP contribution is 2.36. The van der Waals surface area contributed by atoms with Gasteiger partial charge in [0.25, 0.3) is 0 Å². The van der Waals surface area contributed by atoms with E-state index in [0.717, 1.165) is 6.42 Å². The summed E-state index contributed by atoms with van der Waals surface area (Å²) in [6.45, 7) is 2.15. The predicted octanol–water partition coefficient (Wildman–Crippen LogP) is 3.40. The molecule has 0 aliphatic carbocycles. The molecule has 1 N–H and O–H groups in total. The van der Waals surface area contributed by atoms with Crippen molar-refractivity contribution >= 4 is 16.5 Å². The molecule has 2 nitrogen and oxygen atoms in total. The van der Waals surface area contributed by atoms with E-state index >= 15 is 0 Å². The van der Waals surface area contributed by atoms with E-state index in [2.05, 4.69) is 48.6 Å². The van der Waals surface area contributed by atoms with Crippen LogP contribution in [0.4, 0.5) is 5.69 Å². The normalized spacial score (nSPS) is 17.5. The van der Waals surface area contributed by atoms with Gasteiger partial charge in [-0.2, -0.15) is 5.26 Å². The van der Waals surface area contributed by atoms with Gasteiger partial charge < -0.3 is 5.32 Å². The lowest BCUT2D eigenvalue weighted by molar-refractivity contribution is 0.772. The van der Waals surface area contributed by atoms with Crippen molar-refractivity contribution in [3.8, 4) is 6.07 Å². The quantitative estimate of drug-likeness (QED) is 0.802. The number of rotatable bonds is 1. The summed E-state index contributed by atoms with van der Waals surface area (Å²) in [6, 6.07) is 13.2. The van der Waals surface area contributed by atoms with Gasteiger partial charge in [0.05, 0.1) is 12.5 Å². The fraction of sp³-hybridized carbons (Fsp3) is 0.267. The first-order valence-electron chi connectivity index (χ1n) is 5.94. The number of fused-ring (bicyclic) bond motifs is 3. The van der Waals surface area contributed by atoms with Crippen molar-refractivity contribution in [3.05, 3.63) is 41.5 Å². The number of anilines is 1. The number of hydrogen-bond donors (Lipinski definition) is 1. The smallest absolute Gasteiger partial charge is 0.0643 e. The van der Waals surface area contributed by atoms with Crippen LogP contribution in [0, 0.1) is 18.3 Å². The van der Waals surface area contributed by atoms with Crippen molar-refractivity contribution in [1.82, 2.24) is 0 Å². The first-order chi connectivity index (χ1) is 8.29. The summed E-state index contributed by atoms with van der Waals surface area (Å²) < 4.78 is 0. The molecule has 0 saturated heterocycles. The van der Waals surface area contributed by atoms with Gasteiger partial charge in [0, 0.05) is 17.1 Å². The third kappa shape index (κ3) is 1.55. The van der Waals surface area contributed by atoms with Gasteiger partial charge >= 0.3 is 0 Å². The standard InChI is InChI=1S/C15H14N2/c1-10-8-11-9-12(6-7-16)17-15(11)14-5-3-2-4-13(10)14/h2-5,8,12,17H,6,9H2,1H3. The monoisotopic (exact) mass is 222 g/mol. The first-order valence-corrected chi connectivity index (χ1v) is 5.94. The fourth-order valence-corrected chi connectivity index (χ4v) is 2.71. The van der Waals surface area contributed by atoms with Crippen molar-refractivity contribution in [2.24, 2.45) is 0 Å². The summed E-state index contributed by atoms with van der Waals surface area (Å²) in [4.78, 5) is 0. The molecule has 2 aromatic rings. The second kappa shape index (κ2) is 3.78. The number of nitrogens with zero attached hydrogens (tertiary/aromatic N) is 1. The molecule has 0 spiro atoms. The van der Waals surface area contributed by atoms with Crippen LogP contribution in [0.25, 0.3) is 10.8 Å². The maximum atomic E-state index is 8.78. The Morgan fingerprint density at radius 2 is 2.12 bits per heavy atom. The van der Waals surface area contributed by atoms with Gasteiger partial charge in [-0.25, -0.2) is 0 Å². The van der Waals surface area contributed by atoms with Crippen molar-refractivity contribution < 1.29 is 0 Å². The molecular weight excluding hydrogens is 208 g/mol. The summed E-state index contributed by atoms with van der Waals surface area (Å²) in [6.07, 6.45) is 1.54. The Balaban J connectivity index is 2.17. The number of nitrogens with one attached hydrogen (secondary N) is 1. The van der Waals surface area contributed by atoms with Gasteiger partial charge in [-0.05, 0) is 29.9 Å². The van der Waals surface area contributed by atoms with E-state index in [1.54, 1.807) is 0 Å². The van der Waals surface area contributed by atoms with Crippen LogP contribution in [0.15, 0.2) is 30.3 Å². The Hall–Kier alpha value is -2.01. The van der Waals surface area contributed by atoms with E-state index in [0.29, 0.717) is 6.42 Å². The average molecular weight is 222 g/mol. The number of benzene rings is 2. The van der Waals surface area contributed by atoms with E-state index in [-0.39, 0.29) is 6.04 Å². The topological polar surface area (TPSA) is 35.8 Å². The third-order valence-corrected chi connectivity index (χ3v) is 3.49. The van der Waals surface area contributed by atoms with Crippen LogP contribution in [0.3, 0.4) is 0 Å². The van der Waals surface area contributed by atoms with Gasteiger partial charge in [0.2, 0.25) is 0 Å². The molecule has 1 aliphatic rings. The van der Waals surface area contributed by atoms with Crippen LogP contribution >= 0.6 is 0 Å². The van der Waals surface area contributed by atoms with E-state index in [1.807, 2.05) is 0 Å². The molecule has 17 heavy (non-hydrogen) atoms. The molecule has 84 valence electrons. The zero-order chi connectivity index (χ0) is 11.8. The predicted molar refractivity (Wildman–Crippen MR) is 70.0 cm³/mol. The van der Waals surface area contributed by atoms with E-state index in [9.17, 15) is 0 Å². The lowest BCUT2D eigenvalue weighted by atomic mass is 9.99. The number of aryl methyl sites for hydroxylation is 1. The minimum atomic E-state index is 0.278. The zero-order valence-corrected chi connectivity index (χ0v) is 9.83. The largest absolute Gasteiger partial charge is 0.380 e. The highest BCUT2D eigenvalue weighted by atomic mass is 14.9. The van der Waals surface area contributed by atoms with Crippen LogP contribution in [-0.2, 0) is 6.42 Å². The van der Waals surface area contributed by atoms with Gasteiger partial charge in [-0.3, -0.25) is 0 Å². The second-order valence-electron chi connectivity index (χ2n) is 4.68. The molecule has 0 amide bonds. The average Bonchev–Trinajstić information content (AvgIpc) is 2.73. The molecule has 0 aromatic heterocycles. The Bertz CT molecular complexity index is 623. The lowest BCUT2D eigenvalue weighted by Crippen LogP contribution is -2.13. The minimum Gasteiger partial charge on any atom is -0.380 e. The van der Waals surface area contributed by atoms with E-state index < -0.39 is 0 Å². The summed E-state index contributed by atoms with van der Waals surface area (Å²) in [7, 11) is 0. The zero-order valence-electron chi connectivity index (χ0n) is 9.83. The lowest BCUT2D eigenvalue weighted by Gasteiger charge is -2.09. The van der Waals surface area contributed by atoms with Crippen molar-refractivity contribution in [2.75, 3.05) is 5.32 Å². The molecule has 1 heterocycles. The van der Waals surface area contributed by atoms with E-state index in [1.165, 1.54) is 27.6 Å². The van der Waals surface area contributed by atoms with Crippen LogP contribution in [0.5, 0.6) is 0 Å². The summed E-state index contributed by atoms with van der Waals surface area (Å²) in [5.74, 6) is 0. The molecule has 1 unspecified atom stereocenters. The second-order valence-corrected chi connectivity index (χ2v) is 4.68. The molecule has 1 atom stereocenters. The molecule has 1 aliphatic heterocycles. The Kier molecular flexibility index (Phi) is 2.26. The minimum absolute atomic E-state index is 0.278. The highest BCUT2D eigenvalue weighted by molar-refractivity contribution is 5.98. The van der Waals surface area contributed by atoms with Crippen LogP contribution in [0.1, 0.15) is 17.5 Å². The molecule has 2 aromatic carbocycles. The first kappa shape index (κ1) is 10.2.